The Bertz CT molecular complexity index is 485. The van der Waals surface area contributed by atoms with Crippen LogP contribution in [0.15, 0.2) is 24.3 Å². The number of rotatable bonds is 2. The van der Waals surface area contributed by atoms with Gasteiger partial charge in [0.2, 0.25) is 0 Å². The molecule has 2 N–H and O–H groups in total. The van der Waals surface area contributed by atoms with E-state index in [1.54, 1.807) is 6.07 Å². The number of hydrogen-bond acceptors (Lipinski definition) is 3. The summed E-state index contributed by atoms with van der Waals surface area (Å²) in [6, 6.07) is 6.41. The van der Waals surface area contributed by atoms with Crippen LogP contribution in [-0.2, 0) is 4.74 Å². The smallest absolute Gasteiger partial charge is 0.407 e. The molecule has 1 heterocycles. The molecular formula is C15H21FN2O2. The largest absolute Gasteiger partial charge is 0.444 e. The minimum Gasteiger partial charge on any atom is -0.444 e. The van der Waals surface area contributed by atoms with Gasteiger partial charge in [-0.1, -0.05) is 12.1 Å². The minimum atomic E-state index is -0.523. The summed E-state index contributed by atoms with van der Waals surface area (Å²) in [7, 11) is 0. The van der Waals surface area contributed by atoms with E-state index in [-0.39, 0.29) is 17.8 Å². The SMILES string of the molecule is CC(C)(C)OC(=O)N[C@@H]1CNC[C@H]1c1cccc(F)c1. The van der Waals surface area contributed by atoms with Gasteiger partial charge < -0.3 is 15.4 Å². The van der Waals surface area contributed by atoms with Crippen molar-refractivity contribution in [3.05, 3.63) is 35.6 Å². The maximum absolute atomic E-state index is 13.3. The number of benzene rings is 1. The first-order chi connectivity index (χ1) is 9.35. The Morgan fingerprint density at radius 3 is 2.80 bits per heavy atom. The normalized spacial score (nSPS) is 22.6. The zero-order chi connectivity index (χ0) is 14.8. The fraction of sp³-hybridized carbons (Fsp3) is 0.533. The molecule has 1 saturated heterocycles. The first kappa shape index (κ1) is 14.8. The average molecular weight is 280 g/mol. The van der Waals surface area contributed by atoms with Crippen molar-refractivity contribution in [2.24, 2.45) is 0 Å². The summed E-state index contributed by atoms with van der Waals surface area (Å²) >= 11 is 0. The van der Waals surface area contributed by atoms with Gasteiger partial charge in [0.25, 0.3) is 0 Å². The molecule has 1 aromatic carbocycles. The molecule has 2 rings (SSSR count). The zero-order valence-electron chi connectivity index (χ0n) is 12.1. The molecular weight excluding hydrogens is 259 g/mol. The van der Waals surface area contributed by atoms with Gasteiger partial charge in [-0.25, -0.2) is 9.18 Å². The molecule has 0 aliphatic carbocycles. The summed E-state index contributed by atoms with van der Waals surface area (Å²) in [6.45, 7) is 6.83. The van der Waals surface area contributed by atoms with Crippen LogP contribution >= 0.6 is 0 Å². The van der Waals surface area contributed by atoms with Crippen molar-refractivity contribution < 1.29 is 13.9 Å². The Kier molecular flexibility index (Phi) is 4.28. The second-order valence-electron chi connectivity index (χ2n) is 6.07. The number of carbonyl (C=O) groups excluding carboxylic acids is 1. The third-order valence-electron chi connectivity index (χ3n) is 3.19. The summed E-state index contributed by atoms with van der Waals surface area (Å²) in [5.74, 6) is -0.205. The van der Waals surface area contributed by atoms with Crippen molar-refractivity contribution in [2.45, 2.75) is 38.3 Å². The molecule has 5 heteroatoms. The third kappa shape index (κ3) is 3.93. The van der Waals surface area contributed by atoms with Crippen molar-refractivity contribution in [3.63, 3.8) is 0 Å². The Morgan fingerprint density at radius 1 is 1.40 bits per heavy atom. The number of nitrogens with one attached hydrogen (secondary N) is 2. The van der Waals surface area contributed by atoms with Gasteiger partial charge in [-0.05, 0) is 38.5 Å². The van der Waals surface area contributed by atoms with E-state index in [1.165, 1.54) is 12.1 Å². The number of halogens is 1. The number of alkyl carbamates (subject to hydrolysis) is 1. The molecule has 0 radical (unpaired) electrons. The fourth-order valence-electron chi connectivity index (χ4n) is 2.38. The summed E-state index contributed by atoms with van der Waals surface area (Å²) in [6.07, 6.45) is -0.437. The van der Waals surface area contributed by atoms with Crippen molar-refractivity contribution in [1.29, 1.82) is 0 Å². The van der Waals surface area contributed by atoms with Crippen LogP contribution in [0, 0.1) is 5.82 Å². The highest BCUT2D eigenvalue weighted by Crippen LogP contribution is 2.23. The van der Waals surface area contributed by atoms with Crippen LogP contribution in [-0.4, -0.2) is 30.8 Å². The maximum atomic E-state index is 13.3. The molecule has 110 valence electrons. The molecule has 2 atom stereocenters. The molecule has 20 heavy (non-hydrogen) atoms. The second kappa shape index (κ2) is 5.79. The molecule has 1 fully saturated rings. The summed E-state index contributed by atoms with van der Waals surface area (Å²) < 4.78 is 18.6. The van der Waals surface area contributed by atoms with E-state index in [4.69, 9.17) is 4.74 Å². The zero-order valence-corrected chi connectivity index (χ0v) is 12.1. The topological polar surface area (TPSA) is 50.4 Å². The Hall–Kier alpha value is -1.62. The van der Waals surface area contributed by atoms with Gasteiger partial charge in [0, 0.05) is 19.0 Å². The quantitative estimate of drug-likeness (QED) is 0.874. The van der Waals surface area contributed by atoms with Crippen LogP contribution in [0.5, 0.6) is 0 Å². The number of hydrogen-bond donors (Lipinski definition) is 2. The van der Waals surface area contributed by atoms with E-state index in [9.17, 15) is 9.18 Å². The lowest BCUT2D eigenvalue weighted by Crippen LogP contribution is -2.42. The maximum Gasteiger partial charge on any atom is 0.407 e. The van der Waals surface area contributed by atoms with Gasteiger partial charge in [-0.15, -0.1) is 0 Å². The number of ether oxygens (including phenoxy) is 1. The van der Waals surface area contributed by atoms with Gasteiger partial charge in [0.15, 0.2) is 0 Å². The van der Waals surface area contributed by atoms with Crippen molar-refractivity contribution in [3.8, 4) is 0 Å². The molecule has 0 saturated carbocycles. The number of amides is 1. The summed E-state index contributed by atoms with van der Waals surface area (Å²) in [5.41, 5.74) is 0.362. The number of carbonyl (C=O) groups is 1. The molecule has 0 aromatic heterocycles. The van der Waals surface area contributed by atoms with E-state index in [0.29, 0.717) is 13.1 Å². The van der Waals surface area contributed by atoms with Crippen LogP contribution in [0.2, 0.25) is 0 Å². The van der Waals surface area contributed by atoms with Gasteiger partial charge in [0.1, 0.15) is 11.4 Å². The highest BCUT2D eigenvalue weighted by Gasteiger charge is 2.31. The lowest BCUT2D eigenvalue weighted by Gasteiger charge is -2.24. The lowest BCUT2D eigenvalue weighted by atomic mass is 9.94. The predicted octanol–water partition coefficient (Wildman–Crippen LogP) is 2.41. The lowest BCUT2D eigenvalue weighted by molar-refractivity contribution is 0.0504. The third-order valence-corrected chi connectivity index (χ3v) is 3.19. The van der Waals surface area contributed by atoms with Crippen molar-refractivity contribution in [2.75, 3.05) is 13.1 Å². The molecule has 1 aliphatic heterocycles. The Labute approximate surface area is 118 Å². The van der Waals surface area contributed by atoms with Crippen LogP contribution in [0.1, 0.15) is 32.3 Å². The standard InChI is InChI=1S/C15H21FN2O2/c1-15(2,3)20-14(19)18-13-9-17-8-12(13)10-5-4-6-11(16)7-10/h4-7,12-13,17H,8-9H2,1-3H3,(H,18,19)/t12-,13+/m0/s1. The van der Waals surface area contributed by atoms with E-state index in [0.717, 1.165) is 5.56 Å². The minimum absolute atomic E-state index is 0.0539. The second-order valence-corrected chi connectivity index (χ2v) is 6.07. The van der Waals surface area contributed by atoms with Gasteiger partial charge in [-0.3, -0.25) is 0 Å². The monoisotopic (exact) mass is 280 g/mol. The van der Waals surface area contributed by atoms with E-state index in [1.807, 2.05) is 26.8 Å². The summed E-state index contributed by atoms with van der Waals surface area (Å²) in [5, 5.41) is 6.07. The van der Waals surface area contributed by atoms with Crippen molar-refractivity contribution >= 4 is 6.09 Å². The van der Waals surface area contributed by atoms with Gasteiger partial charge in [0.05, 0.1) is 6.04 Å². The van der Waals surface area contributed by atoms with Gasteiger partial charge in [-0.2, -0.15) is 0 Å². The van der Waals surface area contributed by atoms with E-state index >= 15 is 0 Å². The highest BCUT2D eigenvalue weighted by atomic mass is 19.1. The van der Waals surface area contributed by atoms with Crippen LogP contribution in [0.3, 0.4) is 0 Å². The molecule has 1 aromatic rings. The molecule has 0 unspecified atom stereocenters. The van der Waals surface area contributed by atoms with Crippen LogP contribution in [0.4, 0.5) is 9.18 Å². The molecule has 0 bridgehead atoms. The highest BCUT2D eigenvalue weighted by molar-refractivity contribution is 5.68. The molecule has 1 aliphatic rings. The fourth-order valence-corrected chi connectivity index (χ4v) is 2.38. The van der Waals surface area contributed by atoms with Crippen molar-refractivity contribution in [1.82, 2.24) is 10.6 Å². The molecule has 0 spiro atoms. The van der Waals surface area contributed by atoms with Gasteiger partial charge >= 0.3 is 6.09 Å². The predicted molar refractivity (Wildman–Crippen MR) is 75.2 cm³/mol. The van der Waals surface area contributed by atoms with E-state index in [2.05, 4.69) is 10.6 Å². The first-order valence-corrected chi connectivity index (χ1v) is 6.81. The Morgan fingerprint density at radius 2 is 2.15 bits per heavy atom. The first-order valence-electron chi connectivity index (χ1n) is 6.81. The molecule has 4 nitrogen and oxygen atoms in total. The summed E-state index contributed by atoms with van der Waals surface area (Å²) in [4.78, 5) is 11.8. The Balaban J connectivity index is 2.03. The molecule has 1 amide bonds. The van der Waals surface area contributed by atoms with Crippen LogP contribution in [0.25, 0.3) is 0 Å². The average Bonchev–Trinajstić information content (AvgIpc) is 2.74. The van der Waals surface area contributed by atoms with Crippen LogP contribution < -0.4 is 10.6 Å². The van der Waals surface area contributed by atoms with E-state index < -0.39 is 11.7 Å².